The molecule has 0 aromatic heterocycles. The molecule has 2 heterocycles. The minimum atomic E-state index is -1.09. The topological polar surface area (TPSA) is 110 Å². The van der Waals surface area contributed by atoms with Crippen molar-refractivity contribution >= 4 is 28.3 Å². The summed E-state index contributed by atoms with van der Waals surface area (Å²) in [6, 6.07) is 7.72. The van der Waals surface area contributed by atoms with Crippen LogP contribution < -0.4 is 10.2 Å². The molecule has 3 atom stereocenters. The number of piperidine rings is 1. The Kier molecular flexibility index (Phi) is 3.31. The Balaban J connectivity index is 1.85. The first-order chi connectivity index (χ1) is 11.5. The maximum absolute atomic E-state index is 12.9. The SMILES string of the molecule is O=C(O)c1cc2c3c(cccc3c1)N(C1CCC(O)NC1O)C2=O. The molecule has 0 aliphatic carbocycles. The second-order valence-electron chi connectivity index (χ2n) is 6.15. The molecule has 3 unspecified atom stereocenters. The molecule has 7 nitrogen and oxygen atoms in total. The van der Waals surface area contributed by atoms with Gasteiger partial charge in [-0.2, -0.15) is 0 Å². The van der Waals surface area contributed by atoms with Crippen LogP contribution >= 0.6 is 0 Å². The quantitative estimate of drug-likeness (QED) is 0.652. The van der Waals surface area contributed by atoms with Crippen LogP contribution in [-0.4, -0.2) is 45.7 Å². The predicted molar refractivity (Wildman–Crippen MR) is 85.9 cm³/mol. The smallest absolute Gasteiger partial charge is 0.335 e. The molecule has 0 saturated carbocycles. The second kappa shape index (κ2) is 5.27. The molecule has 24 heavy (non-hydrogen) atoms. The number of rotatable bonds is 2. The van der Waals surface area contributed by atoms with Gasteiger partial charge in [0.05, 0.1) is 22.9 Å². The van der Waals surface area contributed by atoms with Crippen molar-refractivity contribution in [1.82, 2.24) is 5.32 Å². The van der Waals surface area contributed by atoms with Gasteiger partial charge in [-0.15, -0.1) is 0 Å². The number of aliphatic hydroxyl groups is 2. The summed E-state index contributed by atoms with van der Waals surface area (Å²) in [5, 5.41) is 33.1. The van der Waals surface area contributed by atoms with E-state index in [-0.39, 0.29) is 11.5 Å². The normalized spacial score (nSPS) is 26.2. The van der Waals surface area contributed by atoms with Crippen LogP contribution in [0.2, 0.25) is 0 Å². The first-order valence-electron chi connectivity index (χ1n) is 7.73. The lowest BCUT2D eigenvalue weighted by molar-refractivity contribution is -0.00941. The minimum Gasteiger partial charge on any atom is -0.478 e. The van der Waals surface area contributed by atoms with E-state index in [2.05, 4.69) is 5.32 Å². The van der Waals surface area contributed by atoms with Gasteiger partial charge in [0.25, 0.3) is 5.91 Å². The highest BCUT2D eigenvalue weighted by Crippen LogP contribution is 2.40. The van der Waals surface area contributed by atoms with Crippen molar-refractivity contribution in [1.29, 1.82) is 0 Å². The molecule has 2 aromatic rings. The number of carbonyl (C=O) groups is 2. The van der Waals surface area contributed by atoms with Crippen LogP contribution in [0.25, 0.3) is 10.8 Å². The van der Waals surface area contributed by atoms with Crippen LogP contribution in [0.5, 0.6) is 0 Å². The second-order valence-corrected chi connectivity index (χ2v) is 6.15. The predicted octanol–water partition coefficient (Wildman–Crippen LogP) is 0.887. The number of carboxylic acids is 1. The molecule has 4 rings (SSSR count). The van der Waals surface area contributed by atoms with E-state index in [1.165, 1.54) is 11.0 Å². The van der Waals surface area contributed by atoms with Gasteiger partial charge in [0.1, 0.15) is 12.5 Å². The van der Waals surface area contributed by atoms with Crippen LogP contribution in [0.3, 0.4) is 0 Å². The highest BCUT2D eigenvalue weighted by Gasteiger charge is 2.40. The number of nitrogens with one attached hydrogen (secondary N) is 1. The number of nitrogens with zero attached hydrogens (tertiary/aromatic N) is 1. The maximum atomic E-state index is 12.9. The molecule has 1 fully saturated rings. The zero-order valence-electron chi connectivity index (χ0n) is 12.6. The number of hydrogen-bond donors (Lipinski definition) is 4. The van der Waals surface area contributed by atoms with Gasteiger partial charge in [0.15, 0.2) is 0 Å². The Morgan fingerprint density at radius 1 is 1.21 bits per heavy atom. The van der Waals surface area contributed by atoms with E-state index in [0.29, 0.717) is 34.9 Å². The third kappa shape index (κ3) is 2.10. The third-order valence-corrected chi connectivity index (χ3v) is 4.71. The van der Waals surface area contributed by atoms with E-state index in [4.69, 9.17) is 0 Å². The van der Waals surface area contributed by atoms with Gasteiger partial charge in [-0.3, -0.25) is 10.1 Å². The third-order valence-electron chi connectivity index (χ3n) is 4.71. The van der Waals surface area contributed by atoms with Crippen molar-refractivity contribution < 1.29 is 24.9 Å². The average molecular weight is 328 g/mol. The maximum Gasteiger partial charge on any atom is 0.335 e. The highest BCUT2D eigenvalue weighted by molar-refractivity contribution is 6.26. The zero-order valence-corrected chi connectivity index (χ0v) is 12.6. The van der Waals surface area contributed by atoms with Gasteiger partial charge < -0.3 is 20.2 Å². The Bertz CT molecular complexity index is 865. The number of anilines is 1. The first-order valence-corrected chi connectivity index (χ1v) is 7.73. The fourth-order valence-electron chi connectivity index (χ4n) is 3.62. The van der Waals surface area contributed by atoms with Crippen molar-refractivity contribution in [2.45, 2.75) is 31.3 Å². The van der Waals surface area contributed by atoms with Crippen molar-refractivity contribution in [3.05, 3.63) is 41.5 Å². The van der Waals surface area contributed by atoms with E-state index >= 15 is 0 Å². The number of aliphatic hydroxyl groups excluding tert-OH is 2. The zero-order chi connectivity index (χ0) is 17.0. The Hall–Kier alpha value is -2.48. The Morgan fingerprint density at radius 2 is 2.00 bits per heavy atom. The summed E-state index contributed by atoms with van der Waals surface area (Å²) in [5.41, 5.74) is 1.05. The number of benzene rings is 2. The van der Waals surface area contributed by atoms with Gasteiger partial charge in [0.2, 0.25) is 0 Å². The molecule has 0 bridgehead atoms. The monoisotopic (exact) mass is 328 g/mol. The van der Waals surface area contributed by atoms with Crippen molar-refractivity contribution in [3.63, 3.8) is 0 Å². The standard InChI is InChI=1S/C17H16N2O5/c20-13-5-4-12(15(21)18-13)19-11-3-1-2-8-6-9(17(23)24)7-10(14(8)11)16(19)22/h1-3,6-7,12-13,15,18,20-21H,4-5H2,(H,23,24). The molecule has 7 heteroatoms. The largest absolute Gasteiger partial charge is 0.478 e. The molecule has 0 radical (unpaired) electrons. The van der Waals surface area contributed by atoms with Crippen LogP contribution in [0, 0.1) is 0 Å². The number of carboxylic acid groups (broad SMARTS) is 1. The van der Waals surface area contributed by atoms with Crippen LogP contribution in [0.15, 0.2) is 30.3 Å². The van der Waals surface area contributed by atoms with E-state index in [1.54, 1.807) is 24.3 Å². The molecule has 2 aromatic carbocycles. The number of carbonyl (C=O) groups excluding carboxylic acids is 1. The number of aromatic carboxylic acids is 1. The van der Waals surface area contributed by atoms with E-state index < -0.39 is 24.5 Å². The fraction of sp³-hybridized carbons (Fsp3) is 0.294. The van der Waals surface area contributed by atoms with Gasteiger partial charge in [0, 0.05) is 5.39 Å². The van der Waals surface area contributed by atoms with Gasteiger partial charge in [-0.25, -0.2) is 4.79 Å². The fourth-order valence-corrected chi connectivity index (χ4v) is 3.62. The first kappa shape index (κ1) is 15.1. The van der Waals surface area contributed by atoms with Crippen molar-refractivity contribution in [2.24, 2.45) is 0 Å². The number of hydrogen-bond acceptors (Lipinski definition) is 5. The summed E-state index contributed by atoms with van der Waals surface area (Å²) in [5.74, 6) is -1.42. The van der Waals surface area contributed by atoms with E-state index in [0.717, 1.165) is 0 Å². The number of amides is 1. The summed E-state index contributed by atoms with van der Waals surface area (Å²) in [6.07, 6.45) is -0.998. The summed E-state index contributed by atoms with van der Waals surface area (Å²) >= 11 is 0. The lowest BCUT2D eigenvalue weighted by Crippen LogP contribution is -2.57. The van der Waals surface area contributed by atoms with Crippen molar-refractivity contribution in [2.75, 3.05) is 4.90 Å². The molecular formula is C17H16N2O5. The van der Waals surface area contributed by atoms with E-state index in [1.807, 2.05) is 0 Å². The summed E-state index contributed by atoms with van der Waals surface area (Å²) in [4.78, 5) is 25.7. The van der Waals surface area contributed by atoms with E-state index in [9.17, 15) is 24.9 Å². The summed E-state index contributed by atoms with van der Waals surface area (Å²) < 4.78 is 0. The van der Waals surface area contributed by atoms with Gasteiger partial charge in [-0.1, -0.05) is 12.1 Å². The molecular weight excluding hydrogens is 312 g/mol. The highest BCUT2D eigenvalue weighted by atomic mass is 16.4. The molecule has 4 N–H and O–H groups in total. The van der Waals surface area contributed by atoms with Crippen LogP contribution in [0.4, 0.5) is 5.69 Å². The summed E-state index contributed by atoms with van der Waals surface area (Å²) in [6.45, 7) is 0. The Morgan fingerprint density at radius 3 is 2.71 bits per heavy atom. The molecule has 2 aliphatic heterocycles. The molecule has 124 valence electrons. The van der Waals surface area contributed by atoms with Crippen LogP contribution in [0.1, 0.15) is 33.6 Å². The summed E-state index contributed by atoms with van der Waals surface area (Å²) in [7, 11) is 0. The lowest BCUT2D eigenvalue weighted by Gasteiger charge is -2.38. The van der Waals surface area contributed by atoms with Gasteiger partial charge >= 0.3 is 5.97 Å². The average Bonchev–Trinajstić information content (AvgIpc) is 2.82. The molecule has 2 aliphatic rings. The molecule has 1 saturated heterocycles. The molecule has 0 spiro atoms. The van der Waals surface area contributed by atoms with Gasteiger partial charge in [-0.05, 0) is 36.4 Å². The van der Waals surface area contributed by atoms with Crippen LogP contribution in [-0.2, 0) is 0 Å². The lowest BCUT2D eigenvalue weighted by atomic mass is 10.0. The molecule has 1 amide bonds. The van der Waals surface area contributed by atoms with Crippen molar-refractivity contribution in [3.8, 4) is 0 Å². The Labute approximate surface area is 137 Å². The minimum absolute atomic E-state index is 0.0580.